The van der Waals surface area contributed by atoms with Crippen molar-refractivity contribution in [3.05, 3.63) is 64.2 Å². The fourth-order valence-corrected chi connectivity index (χ4v) is 3.08. The molecule has 0 unspecified atom stereocenters. The van der Waals surface area contributed by atoms with Crippen LogP contribution in [0.2, 0.25) is 5.02 Å². The molecule has 0 saturated carbocycles. The molecule has 1 amide bonds. The number of nitrogens with zero attached hydrogens (tertiary/aromatic N) is 2. The van der Waals surface area contributed by atoms with Crippen LogP contribution in [0.3, 0.4) is 0 Å². The first kappa shape index (κ1) is 16.8. The number of amides is 1. The molecule has 0 bridgehead atoms. The molecule has 1 aliphatic rings. The van der Waals surface area contributed by atoms with E-state index >= 15 is 0 Å². The van der Waals surface area contributed by atoms with Crippen molar-refractivity contribution in [1.82, 2.24) is 9.80 Å². The van der Waals surface area contributed by atoms with Gasteiger partial charge in [0.25, 0.3) is 0 Å². The summed E-state index contributed by atoms with van der Waals surface area (Å²) in [5, 5.41) is 9.82. The number of phenolic OH excluding ortho intramolecular Hbond substituents is 1. The zero-order valence-electron chi connectivity index (χ0n) is 13.7. The summed E-state index contributed by atoms with van der Waals surface area (Å²) in [6.45, 7) is 5.34. The van der Waals surface area contributed by atoms with Crippen LogP contribution in [0, 0.1) is 6.92 Å². The van der Waals surface area contributed by atoms with Gasteiger partial charge in [0.1, 0.15) is 5.75 Å². The standard InChI is InChI=1S/C19H21ClN2O2/c1-14-2-4-15(5-3-14)12-22-9-8-21(13-19(22)24)11-16-6-7-18(23)17(20)10-16/h2-7,10,23H,8-9,11-13H2,1H3. The number of aromatic hydroxyl groups is 1. The van der Waals surface area contributed by atoms with E-state index in [0.29, 0.717) is 24.7 Å². The summed E-state index contributed by atoms with van der Waals surface area (Å²) in [5.41, 5.74) is 3.38. The third-order valence-electron chi connectivity index (χ3n) is 4.31. The van der Waals surface area contributed by atoms with Crippen molar-refractivity contribution in [2.75, 3.05) is 19.6 Å². The van der Waals surface area contributed by atoms with Gasteiger partial charge in [-0.25, -0.2) is 0 Å². The summed E-state index contributed by atoms with van der Waals surface area (Å²) < 4.78 is 0. The topological polar surface area (TPSA) is 43.8 Å². The number of piperazine rings is 1. The van der Waals surface area contributed by atoms with Crippen LogP contribution in [0.1, 0.15) is 16.7 Å². The van der Waals surface area contributed by atoms with Gasteiger partial charge >= 0.3 is 0 Å². The smallest absolute Gasteiger partial charge is 0.237 e. The Hall–Kier alpha value is -2.04. The normalized spacial score (nSPS) is 15.8. The Balaban J connectivity index is 1.57. The average molecular weight is 345 g/mol. The summed E-state index contributed by atoms with van der Waals surface area (Å²) in [6, 6.07) is 13.5. The van der Waals surface area contributed by atoms with Gasteiger partial charge in [-0.05, 0) is 30.2 Å². The summed E-state index contributed by atoms with van der Waals surface area (Å²) >= 11 is 5.94. The maximum atomic E-state index is 12.4. The second-order valence-electron chi connectivity index (χ2n) is 6.30. The minimum absolute atomic E-state index is 0.0828. The monoisotopic (exact) mass is 344 g/mol. The van der Waals surface area contributed by atoms with E-state index < -0.39 is 0 Å². The first-order valence-corrected chi connectivity index (χ1v) is 8.42. The number of aryl methyl sites for hydroxylation is 1. The number of phenols is 1. The Bertz CT molecular complexity index is 731. The Morgan fingerprint density at radius 3 is 2.42 bits per heavy atom. The Morgan fingerprint density at radius 2 is 1.75 bits per heavy atom. The number of halogens is 1. The molecule has 0 spiro atoms. The molecule has 1 heterocycles. The van der Waals surface area contributed by atoms with E-state index in [1.165, 1.54) is 5.56 Å². The molecule has 0 aliphatic carbocycles. The largest absolute Gasteiger partial charge is 0.506 e. The Labute approximate surface area is 147 Å². The lowest BCUT2D eigenvalue weighted by molar-refractivity contribution is -0.136. The van der Waals surface area contributed by atoms with E-state index in [1.807, 2.05) is 11.0 Å². The number of rotatable bonds is 4. The second kappa shape index (κ2) is 7.24. The van der Waals surface area contributed by atoms with Gasteiger partial charge in [-0.2, -0.15) is 0 Å². The van der Waals surface area contributed by atoms with Crippen molar-refractivity contribution in [1.29, 1.82) is 0 Å². The van der Waals surface area contributed by atoms with E-state index in [4.69, 9.17) is 11.6 Å². The van der Waals surface area contributed by atoms with Gasteiger partial charge in [0.05, 0.1) is 11.6 Å². The van der Waals surface area contributed by atoms with Crippen molar-refractivity contribution in [3.8, 4) is 5.75 Å². The van der Waals surface area contributed by atoms with Gasteiger partial charge in [-0.3, -0.25) is 9.69 Å². The predicted molar refractivity (Wildman–Crippen MR) is 95.0 cm³/mol. The number of carbonyl (C=O) groups excluding carboxylic acids is 1. The first-order valence-electron chi connectivity index (χ1n) is 8.04. The first-order chi connectivity index (χ1) is 11.5. The average Bonchev–Trinajstić information content (AvgIpc) is 2.55. The molecule has 0 radical (unpaired) electrons. The lowest BCUT2D eigenvalue weighted by Crippen LogP contribution is -2.49. The molecular weight excluding hydrogens is 324 g/mol. The van der Waals surface area contributed by atoms with E-state index in [9.17, 15) is 9.90 Å². The van der Waals surface area contributed by atoms with Crippen LogP contribution in [-0.4, -0.2) is 40.4 Å². The second-order valence-corrected chi connectivity index (χ2v) is 6.70. The van der Waals surface area contributed by atoms with E-state index in [1.54, 1.807) is 12.1 Å². The molecule has 5 heteroatoms. The predicted octanol–water partition coefficient (Wildman–Crippen LogP) is 3.20. The molecule has 3 rings (SSSR count). The van der Waals surface area contributed by atoms with Crippen molar-refractivity contribution in [3.63, 3.8) is 0 Å². The van der Waals surface area contributed by atoms with Gasteiger partial charge < -0.3 is 10.0 Å². The molecule has 1 fully saturated rings. The maximum Gasteiger partial charge on any atom is 0.237 e. The number of carbonyl (C=O) groups is 1. The molecule has 1 aliphatic heterocycles. The van der Waals surface area contributed by atoms with Crippen LogP contribution in [-0.2, 0) is 17.9 Å². The Kier molecular flexibility index (Phi) is 5.07. The molecule has 2 aromatic rings. The van der Waals surface area contributed by atoms with Crippen LogP contribution in [0.25, 0.3) is 0 Å². The molecule has 1 N–H and O–H groups in total. The number of benzene rings is 2. The fourth-order valence-electron chi connectivity index (χ4n) is 2.88. The summed E-state index contributed by atoms with van der Waals surface area (Å²) in [5.74, 6) is 0.228. The third kappa shape index (κ3) is 4.08. The van der Waals surface area contributed by atoms with Gasteiger partial charge in [-0.15, -0.1) is 0 Å². The summed E-state index contributed by atoms with van der Waals surface area (Å²) in [7, 11) is 0. The van der Waals surface area contributed by atoms with Gasteiger partial charge in [0.2, 0.25) is 5.91 Å². The highest BCUT2D eigenvalue weighted by Gasteiger charge is 2.24. The molecule has 126 valence electrons. The van der Waals surface area contributed by atoms with Crippen LogP contribution in [0.4, 0.5) is 0 Å². The lowest BCUT2D eigenvalue weighted by Gasteiger charge is -2.34. The molecular formula is C19H21ClN2O2. The van der Waals surface area contributed by atoms with Crippen molar-refractivity contribution < 1.29 is 9.90 Å². The summed E-state index contributed by atoms with van der Waals surface area (Å²) in [6.07, 6.45) is 0. The highest BCUT2D eigenvalue weighted by molar-refractivity contribution is 6.32. The molecule has 4 nitrogen and oxygen atoms in total. The van der Waals surface area contributed by atoms with Gasteiger partial charge in [0, 0.05) is 26.2 Å². The minimum Gasteiger partial charge on any atom is -0.506 e. The molecule has 2 aromatic carbocycles. The summed E-state index contributed by atoms with van der Waals surface area (Å²) in [4.78, 5) is 16.4. The van der Waals surface area contributed by atoms with Crippen molar-refractivity contribution in [2.24, 2.45) is 0 Å². The molecule has 0 atom stereocenters. The van der Waals surface area contributed by atoms with Gasteiger partial charge in [-0.1, -0.05) is 47.5 Å². The molecule has 24 heavy (non-hydrogen) atoms. The highest BCUT2D eigenvalue weighted by atomic mass is 35.5. The van der Waals surface area contributed by atoms with Crippen LogP contribution >= 0.6 is 11.6 Å². The quantitative estimate of drug-likeness (QED) is 0.926. The fraction of sp³-hybridized carbons (Fsp3) is 0.316. The molecule has 0 aromatic heterocycles. The maximum absolute atomic E-state index is 12.4. The zero-order chi connectivity index (χ0) is 17.1. The van der Waals surface area contributed by atoms with E-state index in [2.05, 4.69) is 36.1 Å². The van der Waals surface area contributed by atoms with E-state index in [0.717, 1.165) is 24.2 Å². The highest BCUT2D eigenvalue weighted by Crippen LogP contribution is 2.24. The Morgan fingerprint density at radius 1 is 1.04 bits per heavy atom. The molecule has 1 saturated heterocycles. The SMILES string of the molecule is Cc1ccc(CN2CCN(Cc3ccc(O)c(Cl)c3)CC2=O)cc1. The third-order valence-corrected chi connectivity index (χ3v) is 4.61. The van der Waals surface area contributed by atoms with Crippen molar-refractivity contribution in [2.45, 2.75) is 20.0 Å². The van der Waals surface area contributed by atoms with E-state index in [-0.39, 0.29) is 11.7 Å². The van der Waals surface area contributed by atoms with Crippen LogP contribution < -0.4 is 0 Å². The van der Waals surface area contributed by atoms with Crippen LogP contribution in [0.15, 0.2) is 42.5 Å². The lowest BCUT2D eigenvalue weighted by atomic mass is 10.1. The minimum atomic E-state index is 0.0828. The zero-order valence-corrected chi connectivity index (χ0v) is 14.5. The van der Waals surface area contributed by atoms with Crippen LogP contribution in [0.5, 0.6) is 5.75 Å². The van der Waals surface area contributed by atoms with Crippen molar-refractivity contribution >= 4 is 17.5 Å². The number of hydrogen-bond donors (Lipinski definition) is 1. The van der Waals surface area contributed by atoms with Gasteiger partial charge in [0.15, 0.2) is 0 Å². The number of hydrogen-bond acceptors (Lipinski definition) is 3.